The van der Waals surface area contributed by atoms with Crippen molar-refractivity contribution in [2.24, 2.45) is 0 Å². The van der Waals surface area contributed by atoms with Crippen LogP contribution in [0.4, 0.5) is 11.4 Å². The van der Waals surface area contributed by atoms with Crippen molar-refractivity contribution >= 4 is 38.9 Å². The van der Waals surface area contributed by atoms with Gasteiger partial charge in [0, 0.05) is 18.8 Å². The van der Waals surface area contributed by atoms with Crippen LogP contribution in [-0.2, 0) is 13.1 Å². The molecule has 2 N–H and O–H groups in total. The average Bonchev–Trinajstić information content (AvgIpc) is 2.78. The highest BCUT2D eigenvalue weighted by atomic mass is 79.9. The Balaban J connectivity index is 1.99. The Kier molecular flexibility index (Phi) is 2.96. The molecule has 1 heterocycles. The van der Waals surface area contributed by atoms with Gasteiger partial charge in [-0.1, -0.05) is 29.8 Å². The Morgan fingerprint density at radius 2 is 1.89 bits per heavy atom. The maximum absolute atomic E-state index is 6.14. The summed E-state index contributed by atoms with van der Waals surface area (Å²) in [6.07, 6.45) is 0. The van der Waals surface area contributed by atoms with Gasteiger partial charge in [0.2, 0.25) is 0 Å². The third-order valence-electron chi connectivity index (χ3n) is 3.29. The first-order valence-electron chi connectivity index (χ1n) is 5.72. The number of benzene rings is 2. The van der Waals surface area contributed by atoms with Crippen molar-refractivity contribution in [1.82, 2.24) is 0 Å². The van der Waals surface area contributed by atoms with E-state index in [0.717, 1.165) is 34.0 Å². The second kappa shape index (κ2) is 4.48. The first-order chi connectivity index (χ1) is 8.66. The Bertz CT molecular complexity index is 613. The van der Waals surface area contributed by atoms with Crippen molar-refractivity contribution in [1.29, 1.82) is 0 Å². The van der Waals surface area contributed by atoms with Crippen LogP contribution in [0, 0.1) is 0 Å². The molecule has 0 amide bonds. The number of halogens is 2. The zero-order valence-corrected chi connectivity index (χ0v) is 12.0. The summed E-state index contributed by atoms with van der Waals surface area (Å²) >= 11 is 9.69. The molecule has 1 aliphatic rings. The van der Waals surface area contributed by atoms with E-state index in [2.05, 4.69) is 33.0 Å². The van der Waals surface area contributed by atoms with Crippen molar-refractivity contribution < 1.29 is 0 Å². The van der Waals surface area contributed by atoms with E-state index in [-0.39, 0.29) is 0 Å². The van der Waals surface area contributed by atoms with Gasteiger partial charge in [0.25, 0.3) is 0 Å². The number of hydrogen-bond acceptors (Lipinski definition) is 2. The number of nitrogen functional groups attached to an aromatic ring is 1. The lowest BCUT2D eigenvalue weighted by molar-refractivity contribution is 0.878. The number of nitrogens with zero attached hydrogens (tertiary/aromatic N) is 1. The van der Waals surface area contributed by atoms with Gasteiger partial charge in [-0.25, -0.2) is 0 Å². The number of fused-ring (bicyclic) bond motifs is 1. The zero-order chi connectivity index (χ0) is 12.7. The first-order valence-corrected chi connectivity index (χ1v) is 6.89. The Morgan fingerprint density at radius 1 is 1.11 bits per heavy atom. The fraction of sp³-hybridized carbons (Fsp3) is 0.143. The van der Waals surface area contributed by atoms with Crippen molar-refractivity contribution in [3.05, 3.63) is 57.0 Å². The molecule has 0 radical (unpaired) electrons. The fourth-order valence-electron chi connectivity index (χ4n) is 2.35. The highest BCUT2D eigenvalue weighted by molar-refractivity contribution is 9.10. The largest absolute Gasteiger partial charge is 0.398 e. The molecule has 92 valence electrons. The number of nitrogens with two attached hydrogens (primary N) is 1. The third kappa shape index (κ3) is 1.88. The molecule has 4 heteroatoms. The van der Waals surface area contributed by atoms with E-state index in [0.29, 0.717) is 0 Å². The van der Waals surface area contributed by atoms with E-state index in [1.165, 1.54) is 11.1 Å². The van der Waals surface area contributed by atoms with E-state index >= 15 is 0 Å². The predicted molar refractivity (Wildman–Crippen MR) is 79.9 cm³/mol. The number of anilines is 2. The van der Waals surface area contributed by atoms with Crippen LogP contribution in [0.1, 0.15) is 11.1 Å². The van der Waals surface area contributed by atoms with Crippen molar-refractivity contribution in [3.8, 4) is 0 Å². The maximum Gasteiger partial charge on any atom is 0.0595 e. The monoisotopic (exact) mass is 322 g/mol. The van der Waals surface area contributed by atoms with Crippen LogP contribution < -0.4 is 10.6 Å². The smallest absolute Gasteiger partial charge is 0.0595 e. The van der Waals surface area contributed by atoms with Crippen LogP contribution in [0.2, 0.25) is 5.02 Å². The van der Waals surface area contributed by atoms with Gasteiger partial charge in [-0.2, -0.15) is 0 Å². The number of rotatable bonds is 1. The molecule has 0 saturated heterocycles. The molecular weight excluding hydrogens is 312 g/mol. The molecule has 0 saturated carbocycles. The fourth-order valence-corrected chi connectivity index (χ4v) is 3.04. The molecule has 2 aromatic rings. The summed E-state index contributed by atoms with van der Waals surface area (Å²) < 4.78 is 0.943. The highest BCUT2D eigenvalue weighted by Crippen LogP contribution is 2.38. The minimum Gasteiger partial charge on any atom is -0.398 e. The third-order valence-corrected chi connectivity index (χ3v) is 4.67. The minimum absolute atomic E-state index is 0.733. The van der Waals surface area contributed by atoms with Crippen LogP contribution in [0.25, 0.3) is 0 Å². The Hall–Kier alpha value is -1.19. The van der Waals surface area contributed by atoms with Crippen molar-refractivity contribution in [2.45, 2.75) is 13.1 Å². The van der Waals surface area contributed by atoms with E-state index in [1.807, 2.05) is 24.3 Å². The molecule has 2 aromatic carbocycles. The topological polar surface area (TPSA) is 29.3 Å². The Labute approximate surface area is 119 Å². The van der Waals surface area contributed by atoms with Gasteiger partial charge < -0.3 is 10.6 Å². The normalized spacial score (nSPS) is 13.8. The van der Waals surface area contributed by atoms with E-state index < -0.39 is 0 Å². The molecule has 0 atom stereocenters. The SMILES string of the molecule is Nc1cccc2c1CN(c1cccc(Cl)c1Br)C2. The van der Waals surface area contributed by atoms with Crippen LogP contribution in [0.3, 0.4) is 0 Å². The average molecular weight is 324 g/mol. The zero-order valence-electron chi connectivity index (χ0n) is 9.66. The molecular formula is C14H12BrClN2. The molecule has 0 aliphatic carbocycles. The van der Waals surface area contributed by atoms with Gasteiger partial charge in [-0.15, -0.1) is 0 Å². The summed E-state index contributed by atoms with van der Waals surface area (Å²) in [6, 6.07) is 12.0. The van der Waals surface area contributed by atoms with Crippen LogP contribution in [-0.4, -0.2) is 0 Å². The summed E-state index contributed by atoms with van der Waals surface area (Å²) in [7, 11) is 0. The van der Waals surface area contributed by atoms with Crippen molar-refractivity contribution in [3.63, 3.8) is 0 Å². The predicted octanol–water partition coefficient (Wildman–Crippen LogP) is 4.20. The van der Waals surface area contributed by atoms with Gasteiger partial charge in [0.15, 0.2) is 0 Å². The number of hydrogen-bond donors (Lipinski definition) is 1. The Morgan fingerprint density at radius 3 is 2.67 bits per heavy atom. The van der Waals surface area contributed by atoms with Crippen LogP contribution in [0.15, 0.2) is 40.9 Å². The van der Waals surface area contributed by atoms with E-state index in [4.69, 9.17) is 17.3 Å². The van der Waals surface area contributed by atoms with Gasteiger partial charge in [0.05, 0.1) is 15.2 Å². The molecule has 0 aromatic heterocycles. The molecule has 0 spiro atoms. The minimum atomic E-state index is 0.733. The lowest BCUT2D eigenvalue weighted by Gasteiger charge is -2.20. The van der Waals surface area contributed by atoms with Crippen LogP contribution in [0.5, 0.6) is 0 Å². The second-order valence-corrected chi connectivity index (χ2v) is 5.61. The first kappa shape index (κ1) is 11.9. The van der Waals surface area contributed by atoms with Gasteiger partial charge >= 0.3 is 0 Å². The van der Waals surface area contributed by atoms with E-state index in [1.54, 1.807) is 0 Å². The molecule has 18 heavy (non-hydrogen) atoms. The highest BCUT2D eigenvalue weighted by Gasteiger charge is 2.22. The summed E-state index contributed by atoms with van der Waals surface area (Å²) in [6.45, 7) is 1.71. The molecule has 0 unspecified atom stereocenters. The van der Waals surface area contributed by atoms with Gasteiger partial charge in [-0.05, 0) is 45.3 Å². The lowest BCUT2D eigenvalue weighted by atomic mass is 10.1. The van der Waals surface area contributed by atoms with Crippen LogP contribution >= 0.6 is 27.5 Å². The molecule has 0 fully saturated rings. The molecule has 2 nitrogen and oxygen atoms in total. The molecule has 0 bridgehead atoms. The lowest BCUT2D eigenvalue weighted by Crippen LogP contribution is -2.15. The quantitative estimate of drug-likeness (QED) is 0.797. The van der Waals surface area contributed by atoms with E-state index in [9.17, 15) is 0 Å². The summed E-state index contributed by atoms with van der Waals surface area (Å²) in [5.41, 5.74) is 10.5. The second-order valence-electron chi connectivity index (χ2n) is 4.41. The van der Waals surface area contributed by atoms with Gasteiger partial charge in [0.1, 0.15) is 0 Å². The molecule has 1 aliphatic heterocycles. The summed E-state index contributed by atoms with van der Waals surface area (Å²) in [5.74, 6) is 0. The maximum atomic E-state index is 6.14. The van der Waals surface area contributed by atoms with Crippen molar-refractivity contribution in [2.75, 3.05) is 10.6 Å². The standard InChI is InChI=1S/C14H12BrClN2/c15-14-11(16)4-2-6-13(14)18-7-9-3-1-5-12(17)10(9)8-18/h1-6H,7-8,17H2. The summed E-state index contributed by atoms with van der Waals surface area (Å²) in [5, 5.41) is 0.733. The molecule has 3 rings (SSSR count). The summed E-state index contributed by atoms with van der Waals surface area (Å²) in [4.78, 5) is 2.27. The van der Waals surface area contributed by atoms with Gasteiger partial charge in [-0.3, -0.25) is 0 Å².